The SMILES string of the molecule is C#CCN(C(=O)c1ccc(Br)cc1)C1CCS(=O)(=O)C1. The van der Waals surface area contributed by atoms with Gasteiger partial charge >= 0.3 is 0 Å². The summed E-state index contributed by atoms with van der Waals surface area (Å²) in [6.45, 7) is 0.120. The first-order chi connectivity index (χ1) is 9.43. The Balaban J connectivity index is 2.23. The Labute approximate surface area is 127 Å². The molecule has 1 aromatic carbocycles. The summed E-state index contributed by atoms with van der Waals surface area (Å²) in [5.74, 6) is 2.32. The van der Waals surface area contributed by atoms with Gasteiger partial charge in [0.1, 0.15) is 0 Å². The molecule has 0 aromatic heterocycles. The fraction of sp³-hybridized carbons (Fsp3) is 0.357. The maximum absolute atomic E-state index is 12.5. The van der Waals surface area contributed by atoms with Crippen LogP contribution in [0.15, 0.2) is 28.7 Å². The average Bonchev–Trinajstić information content (AvgIpc) is 2.76. The van der Waals surface area contributed by atoms with Gasteiger partial charge in [-0.1, -0.05) is 21.9 Å². The van der Waals surface area contributed by atoms with Crippen molar-refractivity contribution in [2.24, 2.45) is 0 Å². The topological polar surface area (TPSA) is 54.5 Å². The highest BCUT2D eigenvalue weighted by molar-refractivity contribution is 9.10. The number of benzene rings is 1. The number of amides is 1. The van der Waals surface area contributed by atoms with E-state index in [0.717, 1.165) is 4.47 Å². The highest BCUT2D eigenvalue weighted by Gasteiger charge is 2.34. The largest absolute Gasteiger partial charge is 0.323 e. The normalized spacial score (nSPS) is 20.3. The standard InChI is InChI=1S/C14H14BrNO3S/c1-2-8-16(13-7-9-20(18,19)10-13)14(17)11-3-5-12(15)6-4-11/h1,3-6,13H,7-10H2. The molecule has 0 radical (unpaired) electrons. The molecule has 1 fully saturated rings. The number of hydrogen-bond donors (Lipinski definition) is 0. The molecule has 2 rings (SSSR count). The predicted octanol–water partition coefficient (Wildman–Crippen LogP) is 1.71. The number of carbonyl (C=O) groups excluding carboxylic acids is 1. The van der Waals surface area contributed by atoms with Gasteiger partial charge in [-0.25, -0.2) is 8.42 Å². The maximum Gasteiger partial charge on any atom is 0.254 e. The molecule has 20 heavy (non-hydrogen) atoms. The summed E-state index contributed by atoms with van der Waals surface area (Å²) >= 11 is 3.31. The van der Waals surface area contributed by atoms with Crippen LogP contribution in [0.4, 0.5) is 0 Å². The Hall–Kier alpha value is -1.32. The van der Waals surface area contributed by atoms with Crippen LogP contribution in [0.1, 0.15) is 16.8 Å². The minimum absolute atomic E-state index is 0.00303. The molecule has 0 aliphatic carbocycles. The third-order valence-corrected chi connectivity index (χ3v) is 5.54. The van der Waals surface area contributed by atoms with Crippen LogP contribution in [-0.4, -0.2) is 43.3 Å². The van der Waals surface area contributed by atoms with Crippen LogP contribution in [0.3, 0.4) is 0 Å². The van der Waals surface area contributed by atoms with Crippen molar-refractivity contribution in [2.75, 3.05) is 18.1 Å². The summed E-state index contributed by atoms with van der Waals surface area (Å²) in [7, 11) is -3.05. The first-order valence-electron chi connectivity index (χ1n) is 6.13. The fourth-order valence-electron chi connectivity index (χ4n) is 2.24. The minimum atomic E-state index is -3.05. The van der Waals surface area contributed by atoms with E-state index in [1.165, 1.54) is 4.90 Å². The second-order valence-corrected chi connectivity index (χ2v) is 7.85. The third kappa shape index (κ3) is 3.41. The molecule has 106 valence electrons. The van der Waals surface area contributed by atoms with Gasteiger partial charge in [-0.05, 0) is 30.7 Å². The van der Waals surface area contributed by atoms with Gasteiger partial charge in [0.2, 0.25) is 0 Å². The molecule has 1 saturated heterocycles. The molecule has 1 unspecified atom stereocenters. The third-order valence-electron chi connectivity index (χ3n) is 3.26. The molecule has 1 aromatic rings. The van der Waals surface area contributed by atoms with Gasteiger partial charge in [0.25, 0.3) is 5.91 Å². The van der Waals surface area contributed by atoms with Crippen molar-refractivity contribution in [2.45, 2.75) is 12.5 Å². The zero-order chi connectivity index (χ0) is 14.8. The van der Waals surface area contributed by atoms with Gasteiger partial charge in [0.05, 0.1) is 18.1 Å². The van der Waals surface area contributed by atoms with Crippen LogP contribution in [0.5, 0.6) is 0 Å². The summed E-state index contributed by atoms with van der Waals surface area (Å²) in [4.78, 5) is 13.9. The lowest BCUT2D eigenvalue weighted by molar-refractivity contribution is 0.0724. The molecular weight excluding hydrogens is 342 g/mol. The van der Waals surface area contributed by atoms with E-state index in [4.69, 9.17) is 6.42 Å². The fourth-order valence-corrected chi connectivity index (χ4v) is 4.24. The van der Waals surface area contributed by atoms with Crippen LogP contribution < -0.4 is 0 Å². The van der Waals surface area contributed by atoms with Crippen molar-refractivity contribution in [3.8, 4) is 12.3 Å². The summed E-state index contributed by atoms with van der Waals surface area (Å²) in [5.41, 5.74) is 0.507. The molecule has 0 bridgehead atoms. The Kier molecular flexibility index (Phi) is 4.51. The van der Waals surface area contributed by atoms with E-state index in [1.54, 1.807) is 24.3 Å². The Bertz CT molecular complexity index is 646. The van der Waals surface area contributed by atoms with Crippen molar-refractivity contribution < 1.29 is 13.2 Å². The second-order valence-electron chi connectivity index (χ2n) is 4.70. The number of nitrogens with zero attached hydrogens (tertiary/aromatic N) is 1. The van der Waals surface area contributed by atoms with Crippen molar-refractivity contribution >= 4 is 31.7 Å². The van der Waals surface area contributed by atoms with E-state index in [9.17, 15) is 13.2 Å². The average molecular weight is 356 g/mol. The minimum Gasteiger partial charge on any atom is -0.323 e. The van der Waals surface area contributed by atoms with Crippen LogP contribution >= 0.6 is 15.9 Å². The van der Waals surface area contributed by atoms with Crippen LogP contribution in [0.25, 0.3) is 0 Å². The maximum atomic E-state index is 12.5. The monoisotopic (exact) mass is 355 g/mol. The second kappa shape index (κ2) is 5.98. The van der Waals surface area contributed by atoms with Crippen molar-refractivity contribution in [1.82, 2.24) is 4.90 Å². The van der Waals surface area contributed by atoms with E-state index in [1.807, 2.05) is 0 Å². The van der Waals surface area contributed by atoms with Gasteiger partial charge in [-0.2, -0.15) is 0 Å². The molecule has 1 amide bonds. The molecular formula is C14H14BrNO3S. The van der Waals surface area contributed by atoms with E-state index in [0.29, 0.717) is 12.0 Å². The predicted molar refractivity (Wildman–Crippen MR) is 81.1 cm³/mol. The lowest BCUT2D eigenvalue weighted by Gasteiger charge is -2.26. The van der Waals surface area contributed by atoms with E-state index >= 15 is 0 Å². The van der Waals surface area contributed by atoms with Crippen LogP contribution in [0, 0.1) is 12.3 Å². The molecule has 1 heterocycles. The number of hydrogen-bond acceptors (Lipinski definition) is 3. The van der Waals surface area contributed by atoms with E-state index < -0.39 is 9.84 Å². The zero-order valence-electron chi connectivity index (χ0n) is 10.8. The van der Waals surface area contributed by atoms with Gasteiger partial charge in [0.15, 0.2) is 9.84 Å². The van der Waals surface area contributed by atoms with E-state index in [2.05, 4.69) is 21.9 Å². The first kappa shape index (κ1) is 15.1. The van der Waals surface area contributed by atoms with E-state index in [-0.39, 0.29) is 30.0 Å². The Morgan fingerprint density at radius 1 is 1.40 bits per heavy atom. The lowest BCUT2D eigenvalue weighted by atomic mass is 10.1. The first-order valence-corrected chi connectivity index (χ1v) is 8.75. The van der Waals surface area contributed by atoms with Crippen molar-refractivity contribution in [1.29, 1.82) is 0 Å². The molecule has 0 saturated carbocycles. The van der Waals surface area contributed by atoms with Gasteiger partial charge in [-0.3, -0.25) is 4.79 Å². The summed E-state index contributed by atoms with van der Waals surface area (Å²) in [5, 5.41) is 0. The highest BCUT2D eigenvalue weighted by atomic mass is 79.9. The van der Waals surface area contributed by atoms with Crippen molar-refractivity contribution in [3.63, 3.8) is 0 Å². The zero-order valence-corrected chi connectivity index (χ0v) is 13.2. The summed E-state index contributed by atoms with van der Waals surface area (Å²) < 4.78 is 24.0. The number of carbonyl (C=O) groups is 1. The summed E-state index contributed by atoms with van der Waals surface area (Å²) in [6, 6.07) is 6.60. The van der Waals surface area contributed by atoms with Gasteiger partial charge in [-0.15, -0.1) is 6.42 Å². The molecule has 4 nitrogen and oxygen atoms in total. The molecule has 1 aliphatic rings. The van der Waals surface area contributed by atoms with Crippen molar-refractivity contribution in [3.05, 3.63) is 34.3 Å². The summed E-state index contributed by atoms with van der Waals surface area (Å²) in [6.07, 6.45) is 5.75. The molecule has 1 atom stereocenters. The smallest absolute Gasteiger partial charge is 0.254 e. The lowest BCUT2D eigenvalue weighted by Crippen LogP contribution is -2.41. The van der Waals surface area contributed by atoms with Gasteiger partial charge < -0.3 is 4.90 Å². The number of sulfone groups is 1. The highest BCUT2D eigenvalue weighted by Crippen LogP contribution is 2.20. The molecule has 0 spiro atoms. The van der Waals surface area contributed by atoms with Crippen LogP contribution in [-0.2, 0) is 9.84 Å². The molecule has 6 heteroatoms. The number of rotatable bonds is 3. The number of halogens is 1. The van der Waals surface area contributed by atoms with Crippen LogP contribution in [0.2, 0.25) is 0 Å². The number of terminal acetylenes is 1. The Morgan fingerprint density at radius 2 is 2.05 bits per heavy atom. The van der Waals surface area contributed by atoms with Gasteiger partial charge in [0, 0.05) is 16.1 Å². The Morgan fingerprint density at radius 3 is 2.55 bits per heavy atom. The molecule has 1 aliphatic heterocycles. The quantitative estimate of drug-likeness (QED) is 0.775. The molecule has 0 N–H and O–H groups in total.